The molecule has 0 saturated heterocycles. The molecule has 9 heteroatoms. The van der Waals surface area contributed by atoms with Crippen molar-refractivity contribution < 1.29 is 27.8 Å². The number of hydrogen-bond acceptors (Lipinski definition) is 5. The zero-order valence-electron chi connectivity index (χ0n) is 15.1. The largest absolute Gasteiger partial charge is 0.491 e. The second-order valence-corrected chi connectivity index (χ2v) is 7.35. The molecule has 2 rings (SSSR count). The normalized spacial score (nSPS) is 12.9. The molecule has 0 aliphatic heterocycles. The second kappa shape index (κ2) is 8.71. The summed E-state index contributed by atoms with van der Waals surface area (Å²) in [6.45, 7) is 5.52. The van der Waals surface area contributed by atoms with E-state index in [1.54, 1.807) is 6.92 Å². The number of alkyl halides is 3. The molecule has 1 unspecified atom stereocenters. The topological polar surface area (TPSA) is 71.5 Å². The number of thiazole rings is 1. The van der Waals surface area contributed by atoms with Crippen molar-refractivity contribution in [1.29, 1.82) is 0 Å². The molecular formula is C18H21F3N2O3S. The number of carbonyl (C=O) groups excluding carboxylic acids is 1. The van der Waals surface area contributed by atoms with E-state index in [0.29, 0.717) is 10.6 Å². The SMILES string of the molecule is Cc1nc(C(C)C)sc1C(=O)NCC(O)COc1ccc(C(F)(F)F)cc1. The van der Waals surface area contributed by atoms with Gasteiger partial charge in [0.05, 0.1) is 16.3 Å². The average molecular weight is 402 g/mol. The zero-order chi connectivity index (χ0) is 20.2. The number of nitrogens with zero attached hydrogens (tertiary/aromatic N) is 1. The van der Waals surface area contributed by atoms with E-state index in [-0.39, 0.29) is 30.7 Å². The highest BCUT2D eigenvalue weighted by atomic mass is 32.1. The van der Waals surface area contributed by atoms with Gasteiger partial charge in [-0.2, -0.15) is 13.2 Å². The second-order valence-electron chi connectivity index (χ2n) is 6.32. The maximum absolute atomic E-state index is 12.5. The third kappa shape index (κ3) is 5.93. The third-order valence-corrected chi connectivity index (χ3v) is 5.09. The lowest BCUT2D eigenvalue weighted by Crippen LogP contribution is -2.35. The Morgan fingerprint density at radius 2 is 1.93 bits per heavy atom. The van der Waals surface area contributed by atoms with Crippen LogP contribution in [0, 0.1) is 6.92 Å². The minimum atomic E-state index is -4.41. The third-order valence-electron chi connectivity index (χ3n) is 3.64. The molecule has 0 radical (unpaired) electrons. The summed E-state index contributed by atoms with van der Waals surface area (Å²) in [7, 11) is 0. The van der Waals surface area contributed by atoms with Crippen LogP contribution in [-0.2, 0) is 6.18 Å². The summed E-state index contributed by atoms with van der Waals surface area (Å²) in [6.07, 6.45) is -5.42. The van der Waals surface area contributed by atoms with Crippen molar-refractivity contribution in [1.82, 2.24) is 10.3 Å². The van der Waals surface area contributed by atoms with Crippen LogP contribution in [0.2, 0.25) is 0 Å². The molecule has 1 amide bonds. The number of halogens is 3. The maximum atomic E-state index is 12.5. The fraction of sp³-hybridized carbons (Fsp3) is 0.444. The van der Waals surface area contributed by atoms with E-state index in [9.17, 15) is 23.1 Å². The van der Waals surface area contributed by atoms with Crippen LogP contribution in [0.15, 0.2) is 24.3 Å². The first kappa shape index (κ1) is 21.2. The van der Waals surface area contributed by atoms with E-state index < -0.39 is 17.8 Å². The molecule has 1 aromatic carbocycles. The zero-order valence-corrected chi connectivity index (χ0v) is 15.9. The molecule has 0 saturated carbocycles. The molecule has 1 aromatic heterocycles. The molecule has 1 atom stereocenters. The van der Waals surface area contributed by atoms with E-state index in [0.717, 1.165) is 17.1 Å². The summed E-state index contributed by atoms with van der Waals surface area (Å²) in [5.41, 5.74) is -0.139. The minimum Gasteiger partial charge on any atom is -0.491 e. The predicted molar refractivity (Wildman–Crippen MR) is 96.2 cm³/mol. The number of hydrogen-bond donors (Lipinski definition) is 2. The summed E-state index contributed by atoms with van der Waals surface area (Å²) in [6, 6.07) is 4.18. The number of aliphatic hydroxyl groups is 1. The number of carbonyl (C=O) groups is 1. The summed E-state index contributed by atoms with van der Waals surface area (Å²) < 4.78 is 42.8. The molecule has 0 fully saturated rings. The molecule has 5 nitrogen and oxygen atoms in total. The van der Waals surface area contributed by atoms with Gasteiger partial charge in [-0.3, -0.25) is 4.79 Å². The van der Waals surface area contributed by atoms with Crippen molar-refractivity contribution in [3.05, 3.63) is 45.4 Å². The van der Waals surface area contributed by atoms with Crippen LogP contribution in [0.4, 0.5) is 13.2 Å². The molecule has 0 bridgehead atoms. The van der Waals surface area contributed by atoms with Gasteiger partial charge in [-0.25, -0.2) is 4.98 Å². The van der Waals surface area contributed by atoms with Crippen molar-refractivity contribution in [2.75, 3.05) is 13.2 Å². The summed E-state index contributed by atoms with van der Waals surface area (Å²) in [5.74, 6) is 0.0942. The Balaban J connectivity index is 1.82. The van der Waals surface area contributed by atoms with Crippen LogP contribution in [0.1, 0.15) is 45.7 Å². The lowest BCUT2D eigenvalue weighted by Gasteiger charge is -2.14. The highest BCUT2D eigenvalue weighted by Gasteiger charge is 2.30. The molecule has 0 spiro atoms. The fourth-order valence-electron chi connectivity index (χ4n) is 2.16. The number of aryl methyl sites for hydroxylation is 1. The van der Waals surface area contributed by atoms with Gasteiger partial charge in [-0.1, -0.05) is 13.8 Å². The highest BCUT2D eigenvalue weighted by Crippen LogP contribution is 2.30. The number of aliphatic hydroxyl groups excluding tert-OH is 1. The molecule has 0 aliphatic rings. The molecule has 27 heavy (non-hydrogen) atoms. The van der Waals surface area contributed by atoms with Crippen LogP contribution in [0.25, 0.3) is 0 Å². The number of nitrogens with one attached hydrogen (secondary N) is 1. The van der Waals surface area contributed by atoms with Crippen molar-refractivity contribution >= 4 is 17.2 Å². The number of benzene rings is 1. The van der Waals surface area contributed by atoms with Gasteiger partial charge in [0, 0.05) is 12.5 Å². The van der Waals surface area contributed by atoms with E-state index in [1.807, 2.05) is 13.8 Å². The Morgan fingerprint density at radius 1 is 1.30 bits per heavy atom. The average Bonchev–Trinajstić information content (AvgIpc) is 2.99. The van der Waals surface area contributed by atoms with Crippen molar-refractivity contribution in [3.63, 3.8) is 0 Å². The van der Waals surface area contributed by atoms with Gasteiger partial charge in [0.15, 0.2) is 0 Å². The molecular weight excluding hydrogens is 381 g/mol. The first-order valence-corrected chi connectivity index (χ1v) is 9.13. The van der Waals surface area contributed by atoms with Gasteiger partial charge in [0.25, 0.3) is 5.91 Å². The summed E-state index contributed by atoms with van der Waals surface area (Å²) in [5, 5.41) is 13.4. The molecule has 0 aliphatic carbocycles. The summed E-state index contributed by atoms with van der Waals surface area (Å²) in [4.78, 5) is 17.1. The van der Waals surface area contributed by atoms with Gasteiger partial charge < -0.3 is 15.2 Å². The Kier molecular flexibility index (Phi) is 6.83. The Hall–Kier alpha value is -2.13. The van der Waals surface area contributed by atoms with Crippen LogP contribution < -0.4 is 10.1 Å². The van der Waals surface area contributed by atoms with Crippen molar-refractivity contribution in [2.45, 2.75) is 39.0 Å². The van der Waals surface area contributed by atoms with Gasteiger partial charge in [0.2, 0.25) is 0 Å². The van der Waals surface area contributed by atoms with Crippen molar-refractivity contribution in [2.24, 2.45) is 0 Å². The molecule has 2 aromatic rings. The Labute approximate surface area is 159 Å². The molecule has 1 heterocycles. The monoisotopic (exact) mass is 402 g/mol. The van der Waals surface area contributed by atoms with Crippen LogP contribution >= 0.6 is 11.3 Å². The Bertz CT molecular complexity index is 773. The van der Waals surface area contributed by atoms with Gasteiger partial charge in [-0.15, -0.1) is 11.3 Å². The standard InChI is InChI=1S/C18H21F3N2O3S/c1-10(2)17-23-11(3)15(27-17)16(25)22-8-13(24)9-26-14-6-4-12(5-7-14)18(19,20)21/h4-7,10,13,24H,8-9H2,1-3H3,(H,22,25). The smallest absolute Gasteiger partial charge is 0.416 e. The molecule has 2 N–H and O–H groups in total. The van der Waals surface area contributed by atoms with Crippen molar-refractivity contribution in [3.8, 4) is 5.75 Å². The van der Waals surface area contributed by atoms with Gasteiger partial charge in [-0.05, 0) is 31.2 Å². The number of rotatable bonds is 7. The number of aromatic nitrogens is 1. The van der Waals surface area contributed by atoms with Gasteiger partial charge in [0.1, 0.15) is 23.3 Å². The van der Waals surface area contributed by atoms with Crippen LogP contribution in [0.3, 0.4) is 0 Å². The fourth-order valence-corrected chi connectivity index (χ4v) is 3.14. The highest BCUT2D eigenvalue weighted by molar-refractivity contribution is 7.13. The van der Waals surface area contributed by atoms with E-state index in [2.05, 4.69) is 10.3 Å². The number of ether oxygens (including phenoxy) is 1. The predicted octanol–water partition coefficient (Wildman–Crippen LogP) is 3.76. The Morgan fingerprint density at radius 3 is 2.44 bits per heavy atom. The number of amides is 1. The lowest BCUT2D eigenvalue weighted by molar-refractivity contribution is -0.137. The maximum Gasteiger partial charge on any atom is 0.416 e. The van der Waals surface area contributed by atoms with E-state index >= 15 is 0 Å². The van der Waals surface area contributed by atoms with Gasteiger partial charge >= 0.3 is 6.18 Å². The van der Waals surface area contributed by atoms with E-state index in [1.165, 1.54) is 23.5 Å². The molecule has 148 valence electrons. The minimum absolute atomic E-state index is 0.0478. The summed E-state index contributed by atoms with van der Waals surface area (Å²) >= 11 is 1.31. The lowest BCUT2D eigenvalue weighted by atomic mass is 10.2. The van der Waals surface area contributed by atoms with Crippen LogP contribution in [-0.4, -0.2) is 35.3 Å². The first-order chi connectivity index (χ1) is 12.6. The van der Waals surface area contributed by atoms with E-state index in [4.69, 9.17) is 4.74 Å². The quantitative estimate of drug-likeness (QED) is 0.740. The first-order valence-electron chi connectivity index (χ1n) is 8.31. The van der Waals surface area contributed by atoms with Crippen LogP contribution in [0.5, 0.6) is 5.75 Å².